The maximum absolute atomic E-state index is 12.8. The maximum Gasteiger partial charge on any atom is 0.244 e. The Hall–Kier alpha value is -1.54. The monoisotopic (exact) mass is 334 g/mol. The van der Waals surface area contributed by atoms with Gasteiger partial charge in [-0.05, 0) is 49.0 Å². The number of carbonyl (C=O) groups excluding carboxylic acids is 1. The molecule has 0 spiro atoms. The van der Waals surface area contributed by atoms with Gasteiger partial charge in [0.05, 0.1) is 0 Å². The molecule has 2 bridgehead atoms. The first-order valence-corrected chi connectivity index (χ1v) is 9.04. The standard InChI is InChI=1S/C16H26N6O2/c1-12-17-18-19-22(12)11-16(23)21-9-13-2-3-15(21)10-20(8-13)14-4-6-24-7-5-14/h13-15H,2-11H2,1H3/t13-,15+/m1/s1. The summed E-state index contributed by atoms with van der Waals surface area (Å²) >= 11 is 0. The normalized spacial score (nSPS) is 29.0. The molecule has 0 saturated carbocycles. The molecule has 4 aliphatic rings. The summed E-state index contributed by atoms with van der Waals surface area (Å²) < 4.78 is 7.10. The minimum absolute atomic E-state index is 0.147. The number of ether oxygens (including phenoxy) is 1. The number of amides is 1. The predicted molar refractivity (Wildman–Crippen MR) is 86.2 cm³/mol. The van der Waals surface area contributed by atoms with Crippen molar-refractivity contribution in [1.82, 2.24) is 30.0 Å². The zero-order valence-corrected chi connectivity index (χ0v) is 14.3. The number of aryl methyl sites for hydroxylation is 1. The Morgan fingerprint density at radius 2 is 1.96 bits per heavy atom. The van der Waals surface area contributed by atoms with Crippen molar-refractivity contribution in [3.8, 4) is 0 Å². The zero-order valence-electron chi connectivity index (χ0n) is 14.3. The van der Waals surface area contributed by atoms with Crippen molar-refractivity contribution in [1.29, 1.82) is 0 Å². The summed E-state index contributed by atoms with van der Waals surface area (Å²) in [5, 5.41) is 11.4. The molecule has 4 aliphatic heterocycles. The summed E-state index contributed by atoms with van der Waals surface area (Å²) in [6.07, 6.45) is 4.59. The Labute approximate surface area is 142 Å². The number of carbonyl (C=O) groups is 1. The number of nitrogens with zero attached hydrogens (tertiary/aromatic N) is 6. The van der Waals surface area contributed by atoms with Crippen LogP contribution in [0.3, 0.4) is 0 Å². The first kappa shape index (κ1) is 16.0. The van der Waals surface area contributed by atoms with Gasteiger partial charge in [-0.3, -0.25) is 9.69 Å². The van der Waals surface area contributed by atoms with E-state index in [2.05, 4.69) is 25.3 Å². The van der Waals surface area contributed by atoms with Crippen molar-refractivity contribution < 1.29 is 9.53 Å². The van der Waals surface area contributed by atoms with E-state index in [0.29, 0.717) is 23.8 Å². The molecule has 0 aromatic carbocycles. The van der Waals surface area contributed by atoms with Crippen molar-refractivity contribution in [3.05, 3.63) is 5.82 Å². The molecule has 5 heterocycles. The fraction of sp³-hybridized carbons (Fsp3) is 0.875. The highest BCUT2D eigenvalue weighted by Gasteiger charge is 2.39. The molecule has 2 atom stereocenters. The van der Waals surface area contributed by atoms with Crippen LogP contribution in [0.25, 0.3) is 0 Å². The minimum atomic E-state index is 0.147. The molecule has 1 aromatic rings. The van der Waals surface area contributed by atoms with Crippen molar-refractivity contribution in [2.45, 2.75) is 51.2 Å². The van der Waals surface area contributed by atoms with Crippen LogP contribution in [0.15, 0.2) is 0 Å². The Morgan fingerprint density at radius 1 is 1.12 bits per heavy atom. The Kier molecular flexibility index (Phi) is 4.49. The van der Waals surface area contributed by atoms with Gasteiger partial charge in [-0.25, -0.2) is 4.68 Å². The average molecular weight is 334 g/mol. The van der Waals surface area contributed by atoms with E-state index in [1.54, 1.807) is 4.68 Å². The van der Waals surface area contributed by atoms with Gasteiger partial charge >= 0.3 is 0 Å². The lowest BCUT2D eigenvalue weighted by molar-refractivity contribution is -0.136. The van der Waals surface area contributed by atoms with Crippen molar-refractivity contribution >= 4 is 5.91 Å². The van der Waals surface area contributed by atoms with Gasteiger partial charge in [0.25, 0.3) is 0 Å². The lowest BCUT2D eigenvalue weighted by Crippen LogP contribution is -2.49. The average Bonchev–Trinajstić information content (AvgIpc) is 2.83. The molecule has 0 N–H and O–H groups in total. The summed E-state index contributed by atoms with van der Waals surface area (Å²) in [6, 6.07) is 0.953. The number of fused-ring (bicyclic) bond motifs is 4. The first-order valence-electron chi connectivity index (χ1n) is 9.04. The van der Waals surface area contributed by atoms with Crippen molar-refractivity contribution in [2.24, 2.45) is 5.92 Å². The number of hydrogen-bond donors (Lipinski definition) is 0. The fourth-order valence-electron chi connectivity index (χ4n) is 4.39. The molecular weight excluding hydrogens is 308 g/mol. The summed E-state index contributed by atoms with van der Waals surface area (Å²) in [5.41, 5.74) is 0. The Balaban J connectivity index is 1.44. The Morgan fingerprint density at radius 3 is 2.71 bits per heavy atom. The van der Waals surface area contributed by atoms with Gasteiger partial charge in [-0.1, -0.05) is 0 Å². The van der Waals surface area contributed by atoms with Crippen LogP contribution in [0.2, 0.25) is 0 Å². The van der Waals surface area contributed by atoms with Crippen LogP contribution in [-0.4, -0.2) is 80.8 Å². The lowest BCUT2D eigenvalue weighted by atomic mass is 9.95. The van der Waals surface area contributed by atoms with Crippen LogP contribution in [0.5, 0.6) is 0 Å². The topological polar surface area (TPSA) is 76.4 Å². The number of piperidine rings is 1. The highest BCUT2D eigenvalue weighted by molar-refractivity contribution is 5.76. The quantitative estimate of drug-likeness (QED) is 0.779. The van der Waals surface area contributed by atoms with E-state index >= 15 is 0 Å². The Bertz CT molecular complexity index is 585. The molecule has 5 rings (SSSR count). The molecule has 24 heavy (non-hydrogen) atoms. The highest BCUT2D eigenvalue weighted by atomic mass is 16.5. The molecular formula is C16H26N6O2. The second-order valence-electron chi connectivity index (χ2n) is 7.32. The van der Waals surface area contributed by atoms with Crippen LogP contribution in [-0.2, 0) is 16.1 Å². The van der Waals surface area contributed by atoms with Crippen LogP contribution >= 0.6 is 0 Å². The SMILES string of the molecule is Cc1nnnn1CC(=O)N1C[C@@H]2CC[C@H]1CN(C1CCOCC1)C2. The molecule has 8 heteroatoms. The smallest absolute Gasteiger partial charge is 0.244 e. The molecule has 1 aromatic heterocycles. The van der Waals surface area contributed by atoms with Crippen molar-refractivity contribution in [3.63, 3.8) is 0 Å². The second kappa shape index (κ2) is 6.76. The number of rotatable bonds is 3. The number of tetrazole rings is 1. The van der Waals surface area contributed by atoms with Gasteiger partial charge in [0, 0.05) is 44.9 Å². The highest BCUT2D eigenvalue weighted by Crippen LogP contribution is 2.30. The predicted octanol–water partition coefficient (Wildman–Crippen LogP) is 0.0833. The molecule has 0 radical (unpaired) electrons. The maximum atomic E-state index is 12.8. The molecule has 0 unspecified atom stereocenters. The molecule has 4 fully saturated rings. The van der Waals surface area contributed by atoms with Crippen molar-refractivity contribution in [2.75, 3.05) is 32.8 Å². The van der Waals surface area contributed by atoms with E-state index in [1.807, 2.05) is 6.92 Å². The van der Waals surface area contributed by atoms with E-state index in [-0.39, 0.29) is 12.5 Å². The first-order chi connectivity index (χ1) is 11.7. The van der Waals surface area contributed by atoms with Crippen LogP contribution in [0.1, 0.15) is 31.5 Å². The van der Waals surface area contributed by atoms with E-state index in [4.69, 9.17) is 4.74 Å². The van der Waals surface area contributed by atoms with Gasteiger partial charge in [0.1, 0.15) is 12.4 Å². The zero-order chi connectivity index (χ0) is 16.5. The van der Waals surface area contributed by atoms with E-state index in [0.717, 1.165) is 52.1 Å². The molecule has 1 amide bonds. The van der Waals surface area contributed by atoms with Gasteiger partial charge in [-0.15, -0.1) is 5.10 Å². The van der Waals surface area contributed by atoms with Gasteiger partial charge < -0.3 is 9.64 Å². The van der Waals surface area contributed by atoms with Gasteiger partial charge in [0.15, 0.2) is 0 Å². The van der Waals surface area contributed by atoms with E-state index < -0.39 is 0 Å². The third-order valence-electron chi connectivity index (χ3n) is 5.77. The fourth-order valence-corrected chi connectivity index (χ4v) is 4.39. The van der Waals surface area contributed by atoms with Crippen LogP contribution < -0.4 is 0 Å². The van der Waals surface area contributed by atoms with E-state index in [9.17, 15) is 4.79 Å². The summed E-state index contributed by atoms with van der Waals surface area (Å²) in [7, 11) is 0. The number of hydrogen-bond acceptors (Lipinski definition) is 6. The van der Waals surface area contributed by atoms with Crippen LogP contribution in [0.4, 0.5) is 0 Å². The summed E-state index contributed by atoms with van der Waals surface area (Å²) in [4.78, 5) is 17.5. The summed E-state index contributed by atoms with van der Waals surface area (Å²) in [5.74, 6) is 1.42. The second-order valence-corrected chi connectivity index (χ2v) is 7.32. The molecule has 4 saturated heterocycles. The molecule has 8 nitrogen and oxygen atoms in total. The third kappa shape index (κ3) is 3.17. The summed E-state index contributed by atoms with van der Waals surface area (Å²) in [6.45, 7) is 6.82. The largest absolute Gasteiger partial charge is 0.381 e. The minimum Gasteiger partial charge on any atom is -0.381 e. The van der Waals surface area contributed by atoms with Crippen LogP contribution in [0, 0.1) is 12.8 Å². The number of aromatic nitrogens is 4. The lowest BCUT2D eigenvalue weighted by Gasteiger charge is -2.37. The molecule has 0 aliphatic carbocycles. The molecule has 132 valence electrons. The van der Waals surface area contributed by atoms with Gasteiger partial charge in [-0.2, -0.15) is 0 Å². The van der Waals surface area contributed by atoms with E-state index in [1.165, 1.54) is 6.42 Å². The third-order valence-corrected chi connectivity index (χ3v) is 5.77. The van der Waals surface area contributed by atoms with Gasteiger partial charge in [0.2, 0.25) is 5.91 Å².